The van der Waals surface area contributed by atoms with Crippen LogP contribution in [-0.4, -0.2) is 11.1 Å². The van der Waals surface area contributed by atoms with Gasteiger partial charge < -0.3 is 5.11 Å². The topological polar surface area (TPSA) is 37.3 Å². The first-order valence-corrected chi connectivity index (χ1v) is 5.93. The summed E-state index contributed by atoms with van der Waals surface area (Å²) in [6, 6.07) is 0. The fourth-order valence-corrected chi connectivity index (χ4v) is 2.02. The maximum atomic E-state index is 11.2. The third-order valence-corrected chi connectivity index (χ3v) is 3.37. The molecule has 1 N–H and O–H groups in total. The van der Waals surface area contributed by atoms with Gasteiger partial charge in [0.15, 0.2) is 0 Å². The highest BCUT2D eigenvalue weighted by molar-refractivity contribution is 5.74. The zero-order chi connectivity index (χ0) is 12.3. The van der Waals surface area contributed by atoms with Crippen LogP contribution in [0.1, 0.15) is 40.5 Å². The lowest BCUT2D eigenvalue weighted by molar-refractivity contribution is -0.148. The summed E-state index contributed by atoms with van der Waals surface area (Å²) in [4.78, 5) is 11.2. The van der Waals surface area contributed by atoms with Crippen molar-refractivity contribution < 1.29 is 9.90 Å². The largest absolute Gasteiger partial charge is 0.481 e. The first-order valence-electron chi connectivity index (χ1n) is 5.93. The Labute approximate surface area is 98.1 Å². The van der Waals surface area contributed by atoms with Crippen LogP contribution < -0.4 is 0 Å². The standard InChI is InChI=1S/C14H22O2/c1-10(2)5-6-12-9-14(4,13(15)16)8-7-11(12)3/h5-7,10,12H,8-9H2,1-4H3,(H,15,16)/t12?,14-/m1/s1. The molecule has 0 fully saturated rings. The molecular formula is C14H22O2. The van der Waals surface area contributed by atoms with Crippen molar-refractivity contribution in [1.82, 2.24) is 0 Å². The molecule has 0 amide bonds. The average Bonchev–Trinajstić information content (AvgIpc) is 2.19. The maximum Gasteiger partial charge on any atom is 0.309 e. The summed E-state index contributed by atoms with van der Waals surface area (Å²) < 4.78 is 0. The Morgan fingerprint density at radius 2 is 2.25 bits per heavy atom. The number of carboxylic acid groups (broad SMARTS) is 1. The molecule has 2 heteroatoms. The van der Waals surface area contributed by atoms with Crippen LogP contribution in [0.4, 0.5) is 0 Å². The second-order valence-corrected chi connectivity index (χ2v) is 5.46. The average molecular weight is 222 g/mol. The maximum absolute atomic E-state index is 11.2. The molecule has 0 aliphatic heterocycles. The van der Waals surface area contributed by atoms with E-state index in [1.165, 1.54) is 5.57 Å². The third-order valence-electron chi connectivity index (χ3n) is 3.37. The Morgan fingerprint density at radius 3 is 2.75 bits per heavy atom. The van der Waals surface area contributed by atoms with Crippen molar-refractivity contribution in [1.29, 1.82) is 0 Å². The molecule has 0 heterocycles. The van der Waals surface area contributed by atoms with Crippen molar-refractivity contribution in [2.75, 3.05) is 0 Å². The summed E-state index contributed by atoms with van der Waals surface area (Å²) in [5.41, 5.74) is 0.710. The van der Waals surface area contributed by atoms with Crippen LogP contribution in [0.25, 0.3) is 0 Å². The summed E-state index contributed by atoms with van der Waals surface area (Å²) in [7, 11) is 0. The molecule has 1 aliphatic rings. The first kappa shape index (κ1) is 13.0. The quantitative estimate of drug-likeness (QED) is 0.740. The van der Waals surface area contributed by atoms with Gasteiger partial charge in [-0.25, -0.2) is 0 Å². The molecule has 0 bridgehead atoms. The molecule has 1 aliphatic carbocycles. The van der Waals surface area contributed by atoms with Crippen LogP contribution in [0, 0.1) is 17.3 Å². The summed E-state index contributed by atoms with van der Waals surface area (Å²) in [5.74, 6) is 0.127. The van der Waals surface area contributed by atoms with Crippen LogP contribution in [0.15, 0.2) is 23.8 Å². The van der Waals surface area contributed by atoms with Crippen molar-refractivity contribution in [2.45, 2.75) is 40.5 Å². The molecule has 0 spiro atoms. The molecule has 0 aromatic rings. The van der Waals surface area contributed by atoms with E-state index in [-0.39, 0.29) is 5.92 Å². The van der Waals surface area contributed by atoms with E-state index >= 15 is 0 Å². The number of hydrogen-bond acceptors (Lipinski definition) is 1. The number of rotatable bonds is 3. The van der Waals surface area contributed by atoms with Crippen molar-refractivity contribution in [3.8, 4) is 0 Å². The Balaban J connectivity index is 2.83. The van der Waals surface area contributed by atoms with Gasteiger partial charge in [0, 0.05) is 0 Å². The summed E-state index contributed by atoms with van der Waals surface area (Å²) in [6.45, 7) is 8.20. The van der Waals surface area contributed by atoms with Crippen molar-refractivity contribution in [3.05, 3.63) is 23.8 Å². The van der Waals surface area contributed by atoms with Gasteiger partial charge in [0.2, 0.25) is 0 Å². The minimum atomic E-state index is -0.681. The lowest BCUT2D eigenvalue weighted by Gasteiger charge is -2.32. The highest BCUT2D eigenvalue weighted by Gasteiger charge is 2.37. The Kier molecular flexibility index (Phi) is 3.95. The summed E-state index contributed by atoms with van der Waals surface area (Å²) in [6.07, 6.45) is 7.77. The van der Waals surface area contributed by atoms with Gasteiger partial charge in [-0.15, -0.1) is 0 Å². The molecule has 0 aromatic carbocycles. The van der Waals surface area contributed by atoms with E-state index in [2.05, 4.69) is 39.0 Å². The highest BCUT2D eigenvalue weighted by Crippen LogP contribution is 2.39. The monoisotopic (exact) mass is 222 g/mol. The van der Waals surface area contributed by atoms with Crippen LogP contribution in [0.2, 0.25) is 0 Å². The van der Waals surface area contributed by atoms with E-state index in [4.69, 9.17) is 0 Å². The Bertz CT molecular complexity index is 326. The number of allylic oxidation sites excluding steroid dienone is 4. The second kappa shape index (κ2) is 4.86. The summed E-state index contributed by atoms with van der Waals surface area (Å²) in [5, 5.41) is 9.23. The van der Waals surface area contributed by atoms with Gasteiger partial charge in [0.05, 0.1) is 5.41 Å². The predicted molar refractivity (Wildman–Crippen MR) is 66.2 cm³/mol. The lowest BCUT2D eigenvalue weighted by Crippen LogP contribution is -2.32. The summed E-state index contributed by atoms with van der Waals surface area (Å²) >= 11 is 0. The molecule has 1 rings (SSSR count). The Morgan fingerprint density at radius 1 is 1.62 bits per heavy atom. The number of carbonyl (C=O) groups is 1. The molecule has 2 atom stereocenters. The van der Waals surface area contributed by atoms with Gasteiger partial charge in [0.25, 0.3) is 0 Å². The Hall–Kier alpha value is -1.05. The van der Waals surface area contributed by atoms with E-state index in [0.29, 0.717) is 18.8 Å². The highest BCUT2D eigenvalue weighted by atomic mass is 16.4. The minimum absolute atomic E-state index is 0.289. The predicted octanol–water partition coefficient (Wildman–Crippen LogP) is 3.65. The smallest absolute Gasteiger partial charge is 0.309 e. The van der Waals surface area contributed by atoms with Gasteiger partial charge in [-0.2, -0.15) is 0 Å². The van der Waals surface area contributed by atoms with Crippen molar-refractivity contribution >= 4 is 5.97 Å². The van der Waals surface area contributed by atoms with E-state index in [1.807, 2.05) is 6.92 Å². The molecule has 0 saturated heterocycles. The van der Waals surface area contributed by atoms with Crippen LogP contribution in [-0.2, 0) is 4.79 Å². The zero-order valence-corrected chi connectivity index (χ0v) is 10.7. The molecule has 1 unspecified atom stereocenters. The van der Waals surface area contributed by atoms with E-state index in [0.717, 1.165) is 0 Å². The fraction of sp³-hybridized carbons (Fsp3) is 0.643. The van der Waals surface area contributed by atoms with Crippen molar-refractivity contribution in [2.24, 2.45) is 17.3 Å². The van der Waals surface area contributed by atoms with E-state index in [1.54, 1.807) is 0 Å². The fourth-order valence-electron chi connectivity index (χ4n) is 2.02. The molecule has 0 radical (unpaired) electrons. The molecule has 0 saturated carbocycles. The van der Waals surface area contributed by atoms with Crippen LogP contribution in [0.3, 0.4) is 0 Å². The SMILES string of the molecule is CC1=CC[C@@](C)(C(=O)O)CC1C=CC(C)C. The molecular weight excluding hydrogens is 200 g/mol. The zero-order valence-electron chi connectivity index (χ0n) is 10.7. The molecule has 2 nitrogen and oxygen atoms in total. The molecule has 90 valence electrons. The minimum Gasteiger partial charge on any atom is -0.481 e. The van der Waals surface area contributed by atoms with Gasteiger partial charge >= 0.3 is 5.97 Å². The van der Waals surface area contributed by atoms with Gasteiger partial charge in [-0.05, 0) is 38.5 Å². The van der Waals surface area contributed by atoms with Crippen molar-refractivity contribution in [3.63, 3.8) is 0 Å². The van der Waals surface area contributed by atoms with Crippen LogP contribution in [0.5, 0.6) is 0 Å². The molecule has 0 aromatic heterocycles. The van der Waals surface area contributed by atoms with E-state index < -0.39 is 11.4 Å². The molecule has 16 heavy (non-hydrogen) atoms. The van der Waals surface area contributed by atoms with E-state index in [9.17, 15) is 9.90 Å². The van der Waals surface area contributed by atoms with Crippen LogP contribution >= 0.6 is 0 Å². The van der Waals surface area contributed by atoms with Gasteiger partial charge in [-0.3, -0.25) is 4.79 Å². The van der Waals surface area contributed by atoms with Gasteiger partial charge in [-0.1, -0.05) is 37.6 Å². The number of hydrogen-bond donors (Lipinski definition) is 1. The number of aliphatic carboxylic acids is 1. The lowest BCUT2D eigenvalue weighted by atomic mass is 9.71. The normalized spacial score (nSPS) is 30.8. The second-order valence-electron chi connectivity index (χ2n) is 5.46. The number of carboxylic acids is 1. The van der Waals surface area contributed by atoms with Gasteiger partial charge in [0.1, 0.15) is 0 Å². The third kappa shape index (κ3) is 2.97. The first-order chi connectivity index (χ1) is 7.35.